The Morgan fingerprint density at radius 2 is 0.792 bits per heavy atom. The zero-order valence-electron chi connectivity index (χ0n) is 26.2. The summed E-state index contributed by atoms with van der Waals surface area (Å²) in [5, 5.41) is 12.2. The average Bonchev–Trinajstić information content (AvgIpc) is 3.16. The molecule has 0 aliphatic carbocycles. The van der Waals surface area contributed by atoms with E-state index in [1.54, 1.807) is 0 Å². The molecule has 0 saturated carbocycles. The van der Waals surface area contributed by atoms with Crippen LogP contribution in [0.1, 0.15) is 0 Å². The molecule has 2 nitrogen and oxygen atoms in total. The van der Waals surface area contributed by atoms with E-state index in [1.807, 2.05) is 0 Å². The minimum absolute atomic E-state index is 1.11. The van der Waals surface area contributed by atoms with E-state index in [1.165, 1.54) is 53.9 Å². The predicted molar refractivity (Wildman–Crippen MR) is 205 cm³/mol. The maximum Gasteiger partial charge on any atom is 0.0560 e. The minimum Gasteiger partial charge on any atom is -0.310 e. The molecule has 10 aromatic rings. The summed E-state index contributed by atoms with van der Waals surface area (Å²) >= 11 is 0. The lowest BCUT2D eigenvalue weighted by molar-refractivity contribution is 1.15. The van der Waals surface area contributed by atoms with Gasteiger partial charge in [-0.2, -0.15) is 0 Å². The van der Waals surface area contributed by atoms with Gasteiger partial charge in [-0.1, -0.05) is 127 Å². The summed E-state index contributed by atoms with van der Waals surface area (Å²) in [7, 11) is 0. The van der Waals surface area contributed by atoms with Crippen molar-refractivity contribution in [2.75, 3.05) is 0 Å². The highest BCUT2D eigenvalue weighted by atomic mass is 15.0. The zero-order chi connectivity index (χ0) is 31.6. The Morgan fingerprint density at radius 3 is 1.52 bits per heavy atom. The van der Waals surface area contributed by atoms with Crippen LogP contribution in [0.25, 0.3) is 87.3 Å². The second kappa shape index (κ2) is 10.6. The Labute approximate surface area is 277 Å². The van der Waals surface area contributed by atoms with Crippen molar-refractivity contribution in [3.05, 3.63) is 182 Å². The van der Waals surface area contributed by atoms with Crippen LogP contribution in [0.15, 0.2) is 182 Å². The quantitative estimate of drug-likeness (QED) is 0.184. The van der Waals surface area contributed by atoms with Crippen molar-refractivity contribution < 1.29 is 0 Å². The van der Waals surface area contributed by atoms with Crippen molar-refractivity contribution in [2.24, 2.45) is 0 Å². The summed E-state index contributed by atoms with van der Waals surface area (Å²) in [6.07, 6.45) is 0. The summed E-state index contributed by atoms with van der Waals surface area (Å²) in [5.41, 5.74) is 6.77. The number of benzene rings is 9. The number of nitrogens with zero attached hydrogens (tertiary/aromatic N) is 2. The van der Waals surface area contributed by atoms with E-state index in [-0.39, 0.29) is 0 Å². The van der Waals surface area contributed by atoms with Gasteiger partial charge in [-0.05, 0) is 97.7 Å². The van der Waals surface area contributed by atoms with Gasteiger partial charge in [0.2, 0.25) is 0 Å². The van der Waals surface area contributed by atoms with Gasteiger partial charge in [0.15, 0.2) is 0 Å². The van der Waals surface area contributed by atoms with Gasteiger partial charge in [0.1, 0.15) is 0 Å². The smallest absolute Gasteiger partial charge is 0.0560 e. The molecule has 10 rings (SSSR count). The molecule has 48 heavy (non-hydrogen) atoms. The first kappa shape index (κ1) is 26.8. The molecule has 0 aliphatic heterocycles. The Hall–Kier alpha value is -6.38. The summed E-state index contributed by atoms with van der Waals surface area (Å²) in [4.78, 5) is 0. The lowest BCUT2D eigenvalue weighted by atomic mass is 10.0. The Kier molecular flexibility index (Phi) is 5.91. The van der Waals surface area contributed by atoms with Gasteiger partial charge in [0.25, 0.3) is 0 Å². The zero-order valence-corrected chi connectivity index (χ0v) is 26.2. The second-order valence-corrected chi connectivity index (χ2v) is 12.6. The molecular weight excluding hydrogens is 581 g/mol. The van der Waals surface area contributed by atoms with Crippen LogP contribution in [0.4, 0.5) is 0 Å². The van der Waals surface area contributed by atoms with Crippen LogP contribution >= 0.6 is 0 Å². The highest BCUT2D eigenvalue weighted by Gasteiger charge is 2.13. The molecule has 0 unspecified atom stereocenters. The third kappa shape index (κ3) is 4.20. The third-order valence-electron chi connectivity index (χ3n) is 9.87. The molecule has 1 heterocycles. The number of para-hydroxylation sites is 1. The average molecular weight is 611 g/mol. The standard InChI is InChI=1S/C46H30N2/c1-3-12-34-26-37(23-20-31(34)10-1)47-39-25-22-33-15-9-18-42(44(33)29-39)43-17-7-8-19-45(43)48(38-24-21-32-11-2-4-13-35(32)27-38)40-28-36-14-5-6-16-41(36)46(47)30-40/h1-30H. The minimum atomic E-state index is 1.11. The first-order chi connectivity index (χ1) is 23.8. The van der Waals surface area contributed by atoms with Gasteiger partial charge < -0.3 is 9.13 Å². The Morgan fingerprint density at radius 1 is 0.250 bits per heavy atom. The maximum absolute atomic E-state index is 2.45. The Bertz CT molecular complexity index is 2960. The molecule has 0 radical (unpaired) electrons. The summed E-state index contributed by atoms with van der Waals surface area (Å²) in [6, 6.07) is 66.8. The van der Waals surface area contributed by atoms with Crippen LogP contribution in [0.5, 0.6) is 0 Å². The summed E-state index contributed by atoms with van der Waals surface area (Å²) in [6.45, 7) is 0. The van der Waals surface area contributed by atoms with E-state index < -0.39 is 0 Å². The van der Waals surface area contributed by atoms with Gasteiger partial charge >= 0.3 is 0 Å². The lowest BCUT2D eigenvalue weighted by Crippen LogP contribution is -2.00. The van der Waals surface area contributed by atoms with E-state index in [2.05, 4.69) is 191 Å². The normalized spacial score (nSPS) is 11.8. The van der Waals surface area contributed by atoms with E-state index >= 15 is 0 Å². The number of hydrogen-bond acceptors (Lipinski definition) is 0. The number of fused-ring (bicyclic) bond motifs is 9. The molecule has 0 N–H and O–H groups in total. The number of hydrogen-bond donors (Lipinski definition) is 0. The van der Waals surface area contributed by atoms with Crippen LogP contribution in [0.3, 0.4) is 0 Å². The molecule has 0 saturated heterocycles. The molecule has 1 aromatic heterocycles. The molecule has 0 atom stereocenters. The third-order valence-corrected chi connectivity index (χ3v) is 9.87. The molecule has 9 aromatic carbocycles. The van der Waals surface area contributed by atoms with Crippen LogP contribution in [0, 0.1) is 0 Å². The molecule has 0 fully saturated rings. The van der Waals surface area contributed by atoms with Crippen LogP contribution in [-0.2, 0) is 0 Å². The highest BCUT2D eigenvalue weighted by molar-refractivity contribution is 6.13. The van der Waals surface area contributed by atoms with Gasteiger partial charge in [-0.3, -0.25) is 0 Å². The van der Waals surface area contributed by atoms with Crippen molar-refractivity contribution in [3.63, 3.8) is 0 Å². The van der Waals surface area contributed by atoms with Gasteiger partial charge in [-0.25, -0.2) is 0 Å². The van der Waals surface area contributed by atoms with Crippen LogP contribution in [-0.4, -0.2) is 9.13 Å². The van der Waals surface area contributed by atoms with E-state index in [0.717, 1.165) is 33.4 Å². The molecule has 4 bridgehead atoms. The Balaban J connectivity index is 1.51. The van der Waals surface area contributed by atoms with Crippen molar-refractivity contribution in [3.8, 4) is 11.4 Å². The molecule has 224 valence electrons. The van der Waals surface area contributed by atoms with Crippen molar-refractivity contribution in [1.82, 2.24) is 9.13 Å². The molecular formula is C46H30N2. The predicted octanol–water partition coefficient (Wildman–Crippen LogP) is 12.5. The number of aromatic nitrogens is 2. The van der Waals surface area contributed by atoms with Crippen LogP contribution in [0.2, 0.25) is 0 Å². The maximum atomic E-state index is 2.45. The van der Waals surface area contributed by atoms with Gasteiger partial charge in [0.05, 0.1) is 11.0 Å². The van der Waals surface area contributed by atoms with Crippen molar-refractivity contribution in [1.29, 1.82) is 0 Å². The van der Waals surface area contributed by atoms with E-state index in [4.69, 9.17) is 0 Å². The number of rotatable bonds is 2. The fourth-order valence-electron chi connectivity index (χ4n) is 7.61. The first-order valence-corrected chi connectivity index (χ1v) is 16.5. The molecule has 0 spiro atoms. The summed E-state index contributed by atoms with van der Waals surface area (Å²) < 4.78 is 4.89. The molecule has 0 aliphatic rings. The largest absolute Gasteiger partial charge is 0.310 e. The summed E-state index contributed by atoms with van der Waals surface area (Å²) in [5.74, 6) is 0. The second-order valence-electron chi connectivity index (χ2n) is 12.6. The topological polar surface area (TPSA) is 9.86 Å². The van der Waals surface area contributed by atoms with E-state index in [0.29, 0.717) is 0 Å². The highest BCUT2D eigenvalue weighted by Crippen LogP contribution is 2.34. The first-order valence-electron chi connectivity index (χ1n) is 16.5. The molecule has 0 amide bonds. The van der Waals surface area contributed by atoms with Gasteiger partial charge in [-0.15, -0.1) is 0 Å². The lowest BCUT2D eigenvalue weighted by Gasteiger charge is -2.17. The molecule has 2 heteroatoms. The van der Waals surface area contributed by atoms with Crippen molar-refractivity contribution in [2.45, 2.75) is 0 Å². The van der Waals surface area contributed by atoms with Crippen LogP contribution < -0.4 is 0 Å². The van der Waals surface area contributed by atoms with Gasteiger partial charge in [0, 0.05) is 33.2 Å². The van der Waals surface area contributed by atoms with Crippen molar-refractivity contribution >= 4 is 75.9 Å². The monoisotopic (exact) mass is 610 g/mol. The van der Waals surface area contributed by atoms with E-state index in [9.17, 15) is 0 Å². The fourth-order valence-corrected chi connectivity index (χ4v) is 7.61. The SMILES string of the molecule is c1ccc2cc(-n3c4ccc5cccc(c5c4)c4ccccc4n(-c4ccc5ccccc5c4)c4cc5ccccc5c3c4)ccc2c1. The fraction of sp³-hybridized carbons (Fsp3) is 0.